The van der Waals surface area contributed by atoms with Crippen LogP contribution in [0.5, 0.6) is 11.5 Å². The van der Waals surface area contributed by atoms with Crippen LogP contribution < -0.4 is 25.2 Å². The summed E-state index contributed by atoms with van der Waals surface area (Å²) in [6.07, 6.45) is -0.0168. The molecule has 0 spiro atoms. The van der Waals surface area contributed by atoms with Gasteiger partial charge >= 0.3 is 6.09 Å². The number of nitrogens with one attached hydrogen (secondary N) is 1. The number of amides is 1. The van der Waals surface area contributed by atoms with E-state index in [4.69, 9.17) is 14.2 Å². The van der Waals surface area contributed by atoms with Crippen LogP contribution in [0.3, 0.4) is 0 Å². The van der Waals surface area contributed by atoms with Gasteiger partial charge in [0.05, 0.1) is 17.7 Å². The van der Waals surface area contributed by atoms with E-state index in [1.54, 1.807) is 33.7 Å². The number of halogens is 1. The van der Waals surface area contributed by atoms with Crippen molar-refractivity contribution in [3.05, 3.63) is 64.2 Å². The molecule has 0 unspecified atom stereocenters. The molecule has 1 N–H and O–H groups in total. The van der Waals surface area contributed by atoms with Gasteiger partial charge < -0.3 is 24.1 Å². The molecule has 9 heteroatoms. The van der Waals surface area contributed by atoms with Gasteiger partial charge in [-0.25, -0.2) is 9.18 Å². The second-order valence-electron chi connectivity index (χ2n) is 8.82. The topological polar surface area (TPSA) is 82.0 Å². The minimum atomic E-state index is -0.388. The fraction of sp³-hybridized carbons (Fsp3) is 0.360. The van der Waals surface area contributed by atoms with E-state index >= 15 is 0 Å². The van der Waals surface area contributed by atoms with Crippen molar-refractivity contribution in [1.29, 1.82) is 0 Å². The largest absolute Gasteiger partial charge is 0.486 e. The summed E-state index contributed by atoms with van der Waals surface area (Å²) in [6.45, 7) is 3.02. The van der Waals surface area contributed by atoms with Crippen LogP contribution in [0, 0.1) is 5.82 Å². The quantitative estimate of drug-likeness (QED) is 0.564. The molecular weight excluding hydrogens is 441 g/mol. The first-order chi connectivity index (χ1) is 16.6. The summed E-state index contributed by atoms with van der Waals surface area (Å²) in [5, 5.41) is 4.23. The average Bonchev–Trinajstić information content (AvgIpc) is 3.42. The van der Waals surface area contributed by atoms with E-state index in [0.717, 1.165) is 5.39 Å². The molecule has 8 nitrogen and oxygen atoms in total. The van der Waals surface area contributed by atoms with Crippen LogP contribution >= 0.6 is 0 Å². The maximum Gasteiger partial charge on any atom is 0.414 e. The van der Waals surface area contributed by atoms with E-state index in [0.29, 0.717) is 74.1 Å². The molecule has 176 valence electrons. The first-order valence-corrected chi connectivity index (χ1v) is 11.5. The summed E-state index contributed by atoms with van der Waals surface area (Å²) in [4.78, 5) is 26.3. The van der Waals surface area contributed by atoms with Crippen LogP contribution in [-0.4, -0.2) is 49.6 Å². The van der Waals surface area contributed by atoms with E-state index in [-0.39, 0.29) is 29.5 Å². The maximum atomic E-state index is 14.6. The highest BCUT2D eigenvalue weighted by atomic mass is 19.1. The van der Waals surface area contributed by atoms with Crippen molar-refractivity contribution in [2.45, 2.75) is 25.0 Å². The van der Waals surface area contributed by atoms with Gasteiger partial charge in [-0.1, -0.05) is 0 Å². The molecule has 4 heterocycles. The van der Waals surface area contributed by atoms with Gasteiger partial charge in [-0.05, 0) is 48.7 Å². The van der Waals surface area contributed by atoms with Gasteiger partial charge in [0.25, 0.3) is 5.56 Å². The fourth-order valence-electron chi connectivity index (χ4n) is 5.07. The first-order valence-electron chi connectivity index (χ1n) is 11.5. The smallest absolute Gasteiger partial charge is 0.414 e. The summed E-state index contributed by atoms with van der Waals surface area (Å²) in [5.74, 6) is 0.891. The molecule has 0 saturated carbocycles. The monoisotopic (exact) mass is 465 g/mol. The lowest BCUT2D eigenvalue weighted by atomic mass is 9.99. The molecule has 2 atom stereocenters. The molecule has 1 amide bonds. The molecule has 1 fully saturated rings. The third kappa shape index (κ3) is 3.56. The minimum absolute atomic E-state index is 0.112. The first kappa shape index (κ1) is 21.0. The Morgan fingerprint density at radius 2 is 1.82 bits per heavy atom. The summed E-state index contributed by atoms with van der Waals surface area (Å²) in [6, 6.07) is 11.9. The normalized spacial score (nSPS) is 20.7. The summed E-state index contributed by atoms with van der Waals surface area (Å²) in [5.41, 5.74) is 1.89. The van der Waals surface area contributed by atoms with Crippen LogP contribution in [0.1, 0.15) is 17.9 Å². The number of fused-ring (bicyclic) bond motifs is 1. The number of hydrogen-bond acceptors (Lipinski definition) is 6. The Balaban J connectivity index is 1.06. The predicted octanol–water partition coefficient (Wildman–Crippen LogP) is 3.01. The van der Waals surface area contributed by atoms with Crippen molar-refractivity contribution in [2.75, 3.05) is 37.7 Å². The van der Waals surface area contributed by atoms with Crippen LogP contribution in [0.2, 0.25) is 0 Å². The molecule has 2 aromatic carbocycles. The molecule has 0 aliphatic carbocycles. The molecule has 6 rings (SSSR count). The summed E-state index contributed by atoms with van der Waals surface area (Å²) >= 11 is 0. The van der Waals surface area contributed by atoms with Crippen molar-refractivity contribution in [3.8, 4) is 11.5 Å². The molecule has 3 aliphatic heterocycles. The molecule has 1 saturated heterocycles. The standard InChI is InChI=1S/C25H24FN3O5/c26-19-4-1-15-2-6-22(30)29-13-16(23(19)24(15)29)12-27-8-7-18-14-28(25(31)34-18)17-3-5-20-21(11-17)33-10-9-32-20/h1-6,11,16,18,27H,7-10,12-14H2/t16-,18-/m1/s1. The van der Waals surface area contributed by atoms with Crippen LogP contribution in [0.15, 0.2) is 47.3 Å². The molecule has 34 heavy (non-hydrogen) atoms. The number of pyridine rings is 1. The zero-order valence-corrected chi connectivity index (χ0v) is 18.5. The highest BCUT2D eigenvalue weighted by molar-refractivity contribution is 5.90. The number of nitrogens with zero attached hydrogens (tertiary/aromatic N) is 2. The zero-order chi connectivity index (χ0) is 23.2. The Kier molecular flexibility index (Phi) is 5.13. The maximum absolute atomic E-state index is 14.6. The molecule has 1 aromatic heterocycles. The lowest BCUT2D eigenvalue weighted by Gasteiger charge is -2.21. The molecular formula is C25H24FN3O5. The number of rotatable bonds is 6. The van der Waals surface area contributed by atoms with Gasteiger partial charge in [0.2, 0.25) is 0 Å². The van der Waals surface area contributed by atoms with Crippen LogP contribution in [-0.2, 0) is 11.3 Å². The van der Waals surface area contributed by atoms with Crippen molar-refractivity contribution in [2.24, 2.45) is 0 Å². The highest BCUT2D eigenvalue weighted by Crippen LogP contribution is 2.36. The Morgan fingerprint density at radius 1 is 1.00 bits per heavy atom. The Bertz CT molecular complexity index is 1340. The van der Waals surface area contributed by atoms with E-state index in [9.17, 15) is 14.0 Å². The van der Waals surface area contributed by atoms with Gasteiger partial charge in [-0.3, -0.25) is 9.69 Å². The number of aromatic nitrogens is 1. The van der Waals surface area contributed by atoms with Crippen molar-refractivity contribution in [1.82, 2.24) is 9.88 Å². The molecule has 3 aromatic rings. The molecule has 0 radical (unpaired) electrons. The van der Waals surface area contributed by atoms with Crippen molar-refractivity contribution >= 4 is 22.7 Å². The Labute approximate surface area is 194 Å². The zero-order valence-electron chi connectivity index (χ0n) is 18.5. The SMILES string of the molecule is O=C1O[C@H](CCNC[C@@H]2Cn3c(=O)ccc4ccc(F)c2c43)CN1c1ccc2c(c1)OCCO2. The van der Waals surface area contributed by atoms with E-state index in [1.165, 1.54) is 12.1 Å². The lowest BCUT2D eigenvalue weighted by Crippen LogP contribution is -2.28. The summed E-state index contributed by atoms with van der Waals surface area (Å²) in [7, 11) is 0. The van der Waals surface area contributed by atoms with Gasteiger partial charge in [0, 0.05) is 36.7 Å². The number of carbonyl (C=O) groups excluding carboxylic acids is 1. The molecule has 3 aliphatic rings. The fourth-order valence-corrected chi connectivity index (χ4v) is 5.07. The summed E-state index contributed by atoms with van der Waals surface area (Å²) < 4.78 is 33.0. The predicted molar refractivity (Wildman–Crippen MR) is 123 cm³/mol. The van der Waals surface area contributed by atoms with Crippen LogP contribution in [0.4, 0.5) is 14.9 Å². The third-order valence-electron chi connectivity index (χ3n) is 6.69. The van der Waals surface area contributed by atoms with Crippen molar-refractivity contribution in [3.63, 3.8) is 0 Å². The second kappa shape index (κ2) is 8.32. The minimum Gasteiger partial charge on any atom is -0.486 e. The number of carbonyl (C=O) groups is 1. The number of hydrogen-bond donors (Lipinski definition) is 1. The Hall–Kier alpha value is -3.59. The highest BCUT2D eigenvalue weighted by Gasteiger charge is 2.33. The lowest BCUT2D eigenvalue weighted by molar-refractivity contribution is 0.136. The van der Waals surface area contributed by atoms with Gasteiger partial charge in [0.1, 0.15) is 25.1 Å². The van der Waals surface area contributed by atoms with E-state index in [1.807, 2.05) is 6.07 Å². The second-order valence-corrected chi connectivity index (χ2v) is 8.82. The van der Waals surface area contributed by atoms with Crippen molar-refractivity contribution < 1.29 is 23.4 Å². The van der Waals surface area contributed by atoms with E-state index in [2.05, 4.69) is 5.32 Å². The number of anilines is 1. The average molecular weight is 465 g/mol. The van der Waals surface area contributed by atoms with Crippen LogP contribution in [0.25, 0.3) is 10.9 Å². The number of benzene rings is 2. The number of cyclic esters (lactones) is 1. The Morgan fingerprint density at radius 3 is 2.71 bits per heavy atom. The van der Waals surface area contributed by atoms with Gasteiger partial charge in [0.15, 0.2) is 11.5 Å². The molecule has 0 bridgehead atoms. The van der Waals surface area contributed by atoms with E-state index < -0.39 is 0 Å². The van der Waals surface area contributed by atoms with Gasteiger partial charge in [-0.15, -0.1) is 0 Å². The number of ether oxygens (including phenoxy) is 3. The third-order valence-corrected chi connectivity index (χ3v) is 6.69. The van der Waals surface area contributed by atoms with Gasteiger partial charge in [-0.2, -0.15) is 0 Å².